The third-order valence-corrected chi connectivity index (χ3v) is 3.26. The number of ketones is 1. The second-order valence-corrected chi connectivity index (χ2v) is 4.35. The summed E-state index contributed by atoms with van der Waals surface area (Å²) >= 11 is -0.988. The van der Waals surface area contributed by atoms with Gasteiger partial charge in [0.2, 0.25) is 0 Å². The molecule has 68 valence electrons. The summed E-state index contributed by atoms with van der Waals surface area (Å²) in [5.41, 5.74) is 1.50. The number of anilines is 1. The van der Waals surface area contributed by atoms with E-state index in [2.05, 4.69) is 5.32 Å². The number of Topliss-reactive ketones (excluding diaryl/α,β-unsaturated/α-hetero) is 1. The summed E-state index contributed by atoms with van der Waals surface area (Å²) in [4.78, 5) is 11.8. The Bertz CT molecular complexity index is 365. The Hall–Kier alpha value is -1.00. The molecule has 1 aliphatic heterocycles. The topological polar surface area (TPSA) is 52.2 Å². The molecule has 0 radical (unpaired) electrons. The molecule has 1 aromatic rings. The van der Waals surface area contributed by atoms with Crippen molar-refractivity contribution in [2.24, 2.45) is 0 Å². The maximum absolute atomic E-state index is 11.4. The molecule has 4 heteroatoms. The van der Waals surface area contributed by atoms with E-state index in [0.29, 0.717) is 11.4 Å². The Morgan fingerprint density at radius 1 is 1.62 bits per heavy atom. The van der Waals surface area contributed by atoms with Crippen molar-refractivity contribution < 1.29 is 9.35 Å². The van der Waals surface area contributed by atoms with Crippen molar-refractivity contribution in [3.05, 3.63) is 23.8 Å². The normalized spacial score (nSPS) is 19.4. The number of carbonyl (C=O) groups excluding carboxylic acids is 1. The minimum Gasteiger partial charge on any atom is -0.610 e. The minimum atomic E-state index is -0.988. The standard InChI is InChI=1S/C9H9NO2S/c1-6(11)7-2-3-8-9(4-7)13(12)5-10-8/h2-4,10H,5H2,1H3. The van der Waals surface area contributed by atoms with Crippen molar-refractivity contribution in [3.8, 4) is 0 Å². The fourth-order valence-electron chi connectivity index (χ4n) is 1.30. The van der Waals surface area contributed by atoms with Gasteiger partial charge in [-0.05, 0) is 19.1 Å². The Morgan fingerprint density at radius 3 is 3.08 bits per heavy atom. The van der Waals surface area contributed by atoms with Gasteiger partial charge in [-0.15, -0.1) is 0 Å². The van der Waals surface area contributed by atoms with Crippen LogP contribution in [0.1, 0.15) is 17.3 Å². The summed E-state index contributed by atoms with van der Waals surface area (Å²) < 4.78 is 11.4. The highest BCUT2D eigenvalue weighted by Crippen LogP contribution is 2.29. The third-order valence-electron chi connectivity index (χ3n) is 2.03. The van der Waals surface area contributed by atoms with Crippen molar-refractivity contribution in [1.82, 2.24) is 0 Å². The van der Waals surface area contributed by atoms with Gasteiger partial charge in [0.25, 0.3) is 0 Å². The van der Waals surface area contributed by atoms with E-state index in [1.807, 2.05) is 0 Å². The van der Waals surface area contributed by atoms with E-state index < -0.39 is 11.2 Å². The second kappa shape index (κ2) is 3.05. The van der Waals surface area contributed by atoms with Gasteiger partial charge in [0.15, 0.2) is 16.6 Å². The molecule has 1 heterocycles. The molecular weight excluding hydrogens is 186 g/mol. The molecule has 0 bridgehead atoms. The molecule has 13 heavy (non-hydrogen) atoms. The third kappa shape index (κ3) is 1.43. The lowest BCUT2D eigenvalue weighted by Crippen LogP contribution is -2.03. The summed E-state index contributed by atoms with van der Waals surface area (Å²) in [6.45, 7) is 1.51. The number of hydrogen-bond acceptors (Lipinski definition) is 3. The van der Waals surface area contributed by atoms with Crippen LogP contribution in [0.3, 0.4) is 0 Å². The van der Waals surface area contributed by atoms with Crippen LogP contribution in [0, 0.1) is 0 Å². The lowest BCUT2D eigenvalue weighted by molar-refractivity contribution is 0.101. The first kappa shape index (κ1) is 8.59. The number of hydrogen-bond donors (Lipinski definition) is 1. The molecular formula is C9H9NO2S. The molecule has 0 saturated carbocycles. The van der Waals surface area contributed by atoms with Gasteiger partial charge in [-0.2, -0.15) is 0 Å². The number of carbonyl (C=O) groups is 1. The molecule has 0 amide bonds. The van der Waals surface area contributed by atoms with Crippen LogP contribution in [-0.2, 0) is 11.2 Å². The van der Waals surface area contributed by atoms with E-state index in [9.17, 15) is 9.35 Å². The summed E-state index contributed by atoms with van der Waals surface area (Å²) in [7, 11) is 0. The number of rotatable bonds is 1. The van der Waals surface area contributed by atoms with Gasteiger partial charge < -0.3 is 9.87 Å². The molecule has 2 rings (SSSR count). The van der Waals surface area contributed by atoms with E-state index in [1.54, 1.807) is 18.2 Å². The summed E-state index contributed by atoms with van der Waals surface area (Å²) in [6.07, 6.45) is 0. The van der Waals surface area contributed by atoms with Gasteiger partial charge >= 0.3 is 0 Å². The van der Waals surface area contributed by atoms with E-state index in [1.165, 1.54) is 6.92 Å². The molecule has 0 aliphatic carbocycles. The van der Waals surface area contributed by atoms with E-state index >= 15 is 0 Å². The number of fused-ring (bicyclic) bond motifs is 1. The van der Waals surface area contributed by atoms with Crippen molar-refractivity contribution in [1.29, 1.82) is 0 Å². The molecule has 1 aliphatic rings. The highest BCUT2D eigenvalue weighted by molar-refractivity contribution is 7.92. The van der Waals surface area contributed by atoms with Gasteiger partial charge in [0.1, 0.15) is 0 Å². The minimum absolute atomic E-state index is 0.00620. The van der Waals surface area contributed by atoms with Gasteiger partial charge in [-0.3, -0.25) is 4.79 Å². The SMILES string of the molecule is CC(=O)c1ccc2c(c1)[S+]([O-])CN2. The molecule has 3 nitrogen and oxygen atoms in total. The predicted octanol–water partition coefficient (Wildman–Crippen LogP) is 1.38. The average molecular weight is 195 g/mol. The van der Waals surface area contributed by atoms with Gasteiger partial charge in [-0.25, -0.2) is 0 Å². The first-order chi connectivity index (χ1) is 6.18. The van der Waals surface area contributed by atoms with Gasteiger partial charge in [0.05, 0.1) is 5.69 Å². The molecule has 0 fully saturated rings. The van der Waals surface area contributed by atoms with Gasteiger partial charge in [0, 0.05) is 22.8 Å². The van der Waals surface area contributed by atoms with E-state index in [0.717, 1.165) is 10.6 Å². The number of nitrogens with one attached hydrogen (secondary N) is 1. The predicted molar refractivity (Wildman–Crippen MR) is 51.3 cm³/mol. The summed E-state index contributed by atoms with van der Waals surface area (Å²) in [5.74, 6) is 0.461. The molecule has 1 atom stereocenters. The maximum atomic E-state index is 11.4. The summed E-state index contributed by atoms with van der Waals surface area (Å²) in [5, 5.41) is 3.00. The van der Waals surface area contributed by atoms with Gasteiger partial charge in [-0.1, -0.05) is 0 Å². The lowest BCUT2D eigenvalue weighted by atomic mass is 10.1. The maximum Gasteiger partial charge on any atom is 0.181 e. The van der Waals surface area contributed by atoms with Crippen molar-refractivity contribution in [2.75, 3.05) is 11.2 Å². The second-order valence-electron chi connectivity index (χ2n) is 2.93. The zero-order valence-corrected chi connectivity index (χ0v) is 7.98. The molecule has 1 N–H and O–H groups in total. The molecule has 0 aromatic heterocycles. The smallest absolute Gasteiger partial charge is 0.181 e. The quantitative estimate of drug-likeness (QED) is 0.544. The summed E-state index contributed by atoms with van der Waals surface area (Å²) in [6, 6.07) is 5.25. The Labute approximate surface area is 79.3 Å². The Kier molecular flexibility index (Phi) is 2.01. The van der Waals surface area contributed by atoms with Crippen molar-refractivity contribution in [3.63, 3.8) is 0 Å². The molecule has 1 unspecified atom stereocenters. The fraction of sp³-hybridized carbons (Fsp3) is 0.222. The van der Waals surface area contributed by atoms with Crippen LogP contribution >= 0.6 is 0 Å². The molecule has 1 aromatic carbocycles. The fourth-order valence-corrected chi connectivity index (χ4v) is 2.38. The van der Waals surface area contributed by atoms with Crippen LogP contribution < -0.4 is 5.32 Å². The highest BCUT2D eigenvalue weighted by Gasteiger charge is 2.24. The van der Waals surface area contributed by atoms with Crippen molar-refractivity contribution >= 4 is 22.6 Å². The van der Waals surface area contributed by atoms with Crippen LogP contribution in [0.2, 0.25) is 0 Å². The van der Waals surface area contributed by atoms with Crippen LogP contribution in [0.5, 0.6) is 0 Å². The van der Waals surface area contributed by atoms with Crippen LogP contribution in [-0.4, -0.2) is 16.2 Å². The Morgan fingerprint density at radius 2 is 2.38 bits per heavy atom. The number of benzene rings is 1. The van der Waals surface area contributed by atoms with E-state index in [4.69, 9.17) is 0 Å². The molecule has 0 saturated heterocycles. The Balaban J connectivity index is 2.47. The monoisotopic (exact) mass is 195 g/mol. The van der Waals surface area contributed by atoms with E-state index in [-0.39, 0.29) is 5.78 Å². The zero-order valence-electron chi connectivity index (χ0n) is 7.16. The average Bonchev–Trinajstić information content (AvgIpc) is 2.47. The highest BCUT2D eigenvalue weighted by atomic mass is 32.2. The van der Waals surface area contributed by atoms with Crippen LogP contribution in [0.25, 0.3) is 0 Å². The largest absolute Gasteiger partial charge is 0.610 e. The van der Waals surface area contributed by atoms with Crippen LogP contribution in [0.4, 0.5) is 5.69 Å². The van der Waals surface area contributed by atoms with Crippen molar-refractivity contribution in [2.45, 2.75) is 11.8 Å². The molecule has 0 spiro atoms. The first-order valence-electron chi connectivity index (χ1n) is 3.96. The zero-order chi connectivity index (χ0) is 9.42. The van der Waals surface area contributed by atoms with Crippen LogP contribution in [0.15, 0.2) is 23.1 Å². The first-order valence-corrected chi connectivity index (χ1v) is 5.27. The lowest BCUT2D eigenvalue weighted by Gasteiger charge is -2.01.